The molecule has 0 spiro atoms. The molecule has 40 heavy (non-hydrogen) atoms. The fraction of sp³-hybridized carbons (Fsp3) is 0.300. The van der Waals surface area contributed by atoms with E-state index in [9.17, 15) is 9.59 Å². The molecule has 0 radical (unpaired) electrons. The zero-order chi connectivity index (χ0) is 29.0. The highest BCUT2D eigenvalue weighted by atomic mass is 79.9. The number of thiazole rings is 1. The second-order valence-electron chi connectivity index (χ2n) is 9.05. The number of esters is 1. The fourth-order valence-electron chi connectivity index (χ4n) is 4.35. The van der Waals surface area contributed by atoms with Crippen LogP contribution in [0.15, 0.2) is 61.9 Å². The lowest BCUT2D eigenvalue weighted by atomic mass is 9.95. The fourth-order valence-corrected chi connectivity index (χ4v) is 5.77. The predicted molar refractivity (Wildman–Crippen MR) is 158 cm³/mol. The maximum atomic E-state index is 14.0. The van der Waals surface area contributed by atoms with Crippen LogP contribution in [0, 0.1) is 12.3 Å². The molecule has 1 aromatic heterocycles. The minimum atomic E-state index is -0.810. The number of methoxy groups -OCH3 is 1. The van der Waals surface area contributed by atoms with Gasteiger partial charge in [-0.05, 0) is 69.7 Å². The van der Waals surface area contributed by atoms with E-state index in [4.69, 9.17) is 25.4 Å². The normalized spacial score (nSPS) is 14.8. The van der Waals surface area contributed by atoms with E-state index in [0.717, 1.165) is 10.0 Å². The molecule has 2 aromatic carbocycles. The topological polar surface area (TPSA) is 88.4 Å². The Morgan fingerprint density at radius 1 is 1.20 bits per heavy atom. The van der Waals surface area contributed by atoms with E-state index < -0.39 is 12.0 Å². The molecule has 8 nitrogen and oxygen atoms in total. The SMILES string of the molecule is C#CCOc1ccc(/C=c2\sc3n(c2=O)[C@@H](c2cc(Br)ccc2OC)C(C(=O)OC(C)C)=C(C)N=3)cc1OCC. The average Bonchev–Trinajstić information content (AvgIpc) is 3.21. The van der Waals surface area contributed by atoms with Gasteiger partial charge in [0.05, 0.1) is 35.6 Å². The van der Waals surface area contributed by atoms with Crippen LogP contribution in [0.4, 0.5) is 0 Å². The molecule has 0 unspecified atom stereocenters. The van der Waals surface area contributed by atoms with Crippen molar-refractivity contribution in [3.63, 3.8) is 0 Å². The highest BCUT2D eigenvalue weighted by molar-refractivity contribution is 9.10. The number of terminal acetylenes is 1. The number of benzene rings is 2. The number of rotatable bonds is 9. The van der Waals surface area contributed by atoms with Crippen molar-refractivity contribution in [1.82, 2.24) is 4.57 Å². The molecular weight excluding hydrogens is 596 g/mol. The first-order valence-corrected chi connectivity index (χ1v) is 14.2. The highest BCUT2D eigenvalue weighted by Crippen LogP contribution is 2.37. The Hall–Kier alpha value is -3.81. The summed E-state index contributed by atoms with van der Waals surface area (Å²) < 4.78 is 25.3. The minimum Gasteiger partial charge on any atom is -0.496 e. The smallest absolute Gasteiger partial charge is 0.338 e. The van der Waals surface area contributed by atoms with Crippen LogP contribution in [0.3, 0.4) is 0 Å². The van der Waals surface area contributed by atoms with Crippen molar-refractivity contribution in [2.45, 2.75) is 39.8 Å². The Balaban J connectivity index is 1.93. The van der Waals surface area contributed by atoms with E-state index in [1.165, 1.54) is 15.9 Å². The molecule has 1 aliphatic heterocycles. The summed E-state index contributed by atoms with van der Waals surface area (Å²) in [6, 6.07) is 10.0. The number of nitrogens with zero attached hydrogens (tertiary/aromatic N) is 2. The van der Waals surface area contributed by atoms with Gasteiger partial charge >= 0.3 is 5.97 Å². The molecule has 0 saturated carbocycles. The maximum Gasteiger partial charge on any atom is 0.338 e. The van der Waals surface area contributed by atoms with Crippen LogP contribution < -0.4 is 29.1 Å². The Kier molecular flexibility index (Phi) is 9.17. The van der Waals surface area contributed by atoms with Crippen molar-refractivity contribution in [2.24, 2.45) is 4.99 Å². The number of fused-ring (bicyclic) bond motifs is 1. The zero-order valence-electron chi connectivity index (χ0n) is 22.8. The second-order valence-corrected chi connectivity index (χ2v) is 11.0. The van der Waals surface area contributed by atoms with Crippen LogP contribution in [-0.2, 0) is 9.53 Å². The van der Waals surface area contributed by atoms with Crippen LogP contribution in [0.5, 0.6) is 17.2 Å². The van der Waals surface area contributed by atoms with E-state index in [0.29, 0.717) is 44.4 Å². The molecule has 2 heterocycles. The molecule has 208 valence electrons. The van der Waals surface area contributed by atoms with Gasteiger partial charge in [0.25, 0.3) is 5.56 Å². The average molecular weight is 626 g/mol. The Morgan fingerprint density at radius 2 is 1.95 bits per heavy atom. The Bertz CT molecular complexity index is 1700. The molecule has 1 atom stereocenters. The van der Waals surface area contributed by atoms with Gasteiger partial charge in [-0.3, -0.25) is 9.36 Å². The molecule has 4 rings (SSSR count). The predicted octanol–water partition coefficient (Wildman–Crippen LogP) is 4.37. The van der Waals surface area contributed by atoms with Crippen molar-refractivity contribution in [2.75, 3.05) is 20.3 Å². The zero-order valence-corrected chi connectivity index (χ0v) is 25.2. The molecule has 3 aromatic rings. The molecule has 0 N–H and O–H groups in total. The van der Waals surface area contributed by atoms with E-state index in [1.54, 1.807) is 52.2 Å². The van der Waals surface area contributed by atoms with Crippen molar-refractivity contribution in [3.8, 4) is 29.6 Å². The van der Waals surface area contributed by atoms with Crippen molar-refractivity contribution < 1.29 is 23.7 Å². The number of allylic oxidation sites excluding steroid dienone is 1. The third kappa shape index (κ3) is 6.01. The largest absolute Gasteiger partial charge is 0.496 e. The number of hydrogen-bond donors (Lipinski definition) is 0. The first-order chi connectivity index (χ1) is 19.2. The summed E-state index contributed by atoms with van der Waals surface area (Å²) in [6.45, 7) is 7.71. The van der Waals surface area contributed by atoms with Crippen molar-refractivity contribution >= 4 is 39.3 Å². The molecule has 1 aliphatic rings. The maximum absolute atomic E-state index is 14.0. The lowest BCUT2D eigenvalue weighted by Crippen LogP contribution is -2.40. The van der Waals surface area contributed by atoms with E-state index >= 15 is 0 Å². The molecule has 10 heteroatoms. The van der Waals surface area contributed by atoms with Gasteiger partial charge in [-0.2, -0.15) is 0 Å². The third-order valence-electron chi connectivity index (χ3n) is 5.95. The summed E-state index contributed by atoms with van der Waals surface area (Å²) in [5, 5.41) is 0. The summed E-state index contributed by atoms with van der Waals surface area (Å²) in [6.07, 6.45) is 6.74. The lowest BCUT2D eigenvalue weighted by molar-refractivity contribution is -0.143. The molecular formula is C30H29BrN2O6S. The van der Waals surface area contributed by atoms with Crippen LogP contribution in [0.1, 0.15) is 44.9 Å². The molecule has 0 amide bonds. The van der Waals surface area contributed by atoms with Crippen LogP contribution in [0.25, 0.3) is 6.08 Å². The van der Waals surface area contributed by atoms with Crippen LogP contribution in [0.2, 0.25) is 0 Å². The highest BCUT2D eigenvalue weighted by Gasteiger charge is 2.35. The van der Waals surface area contributed by atoms with Gasteiger partial charge in [0.15, 0.2) is 16.3 Å². The van der Waals surface area contributed by atoms with Gasteiger partial charge in [-0.15, -0.1) is 6.42 Å². The van der Waals surface area contributed by atoms with Gasteiger partial charge in [-0.1, -0.05) is 39.3 Å². The Morgan fingerprint density at radius 3 is 2.62 bits per heavy atom. The van der Waals surface area contributed by atoms with Crippen LogP contribution in [-0.4, -0.2) is 37.0 Å². The molecule has 0 aliphatic carbocycles. The van der Waals surface area contributed by atoms with Crippen molar-refractivity contribution in [3.05, 3.63) is 83.0 Å². The van der Waals surface area contributed by atoms with E-state index in [1.807, 2.05) is 25.1 Å². The number of aromatic nitrogens is 1. The second kappa shape index (κ2) is 12.6. The van der Waals surface area contributed by atoms with Gasteiger partial charge in [0.1, 0.15) is 18.4 Å². The van der Waals surface area contributed by atoms with Crippen molar-refractivity contribution in [1.29, 1.82) is 0 Å². The lowest BCUT2D eigenvalue weighted by Gasteiger charge is -2.26. The van der Waals surface area contributed by atoms with Gasteiger partial charge < -0.3 is 18.9 Å². The molecule has 0 bridgehead atoms. The number of carbonyl (C=O) groups excluding carboxylic acids is 1. The summed E-state index contributed by atoms with van der Waals surface area (Å²) in [4.78, 5) is 32.5. The molecule has 0 saturated heterocycles. The summed E-state index contributed by atoms with van der Waals surface area (Å²) in [7, 11) is 1.55. The van der Waals surface area contributed by atoms with Gasteiger partial charge in [0.2, 0.25) is 0 Å². The quantitative estimate of drug-likeness (QED) is 0.260. The monoisotopic (exact) mass is 624 g/mol. The standard InChI is InChI=1S/C30H29BrN2O6S/c1-7-13-38-23-11-9-19(14-24(23)37-8-2)15-25-28(34)33-27(21-16-20(31)10-12-22(21)36-6)26(29(35)39-17(3)4)18(5)32-30(33)40-25/h1,9-12,14-17,27H,8,13H2,2-6H3/b25-15-/t27-/m0/s1. The summed E-state index contributed by atoms with van der Waals surface area (Å²) in [5.41, 5.74) is 1.80. The first-order valence-electron chi connectivity index (χ1n) is 12.6. The Labute approximate surface area is 244 Å². The number of halogens is 1. The van der Waals surface area contributed by atoms with Crippen LogP contribution >= 0.6 is 27.3 Å². The van der Waals surface area contributed by atoms with E-state index in [2.05, 4.69) is 26.8 Å². The van der Waals surface area contributed by atoms with Gasteiger partial charge in [0, 0.05) is 10.0 Å². The van der Waals surface area contributed by atoms with Gasteiger partial charge in [-0.25, -0.2) is 9.79 Å². The van der Waals surface area contributed by atoms with E-state index in [-0.39, 0.29) is 23.8 Å². The summed E-state index contributed by atoms with van der Waals surface area (Å²) >= 11 is 4.75. The number of ether oxygens (including phenoxy) is 4. The third-order valence-corrected chi connectivity index (χ3v) is 7.42. The summed E-state index contributed by atoms with van der Waals surface area (Å²) in [5.74, 6) is 3.46. The first kappa shape index (κ1) is 29.2. The minimum absolute atomic E-state index is 0.109. The number of hydrogen-bond acceptors (Lipinski definition) is 8. The number of carbonyl (C=O) groups is 1. The molecule has 0 fully saturated rings.